The van der Waals surface area contributed by atoms with Crippen molar-refractivity contribution in [1.29, 1.82) is 0 Å². The van der Waals surface area contributed by atoms with Gasteiger partial charge in [0.25, 0.3) is 5.91 Å². The summed E-state index contributed by atoms with van der Waals surface area (Å²) in [4.78, 5) is 11.3. The van der Waals surface area contributed by atoms with Gasteiger partial charge < -0.3 is 11.1 Å². The average molecular weight is 199 g/mol. The van der Waals surface area contributed by atoms with Crippen LogP contribution in [0, 0.1) is 0 Å². The second-order valence-electron chi connectivity index (χ2n) is 2.57. The van der Waals surface area contributed by atoms with Gasteiger partial charge in [-0.1, -0.05) is 6.07 Å². The third-order valence-corrected chi connectivity index (χ3v) is 1.72. The van der Waals surface area contributed by atoms with Gasteiger partial charge in [-0.25, -0.2) is 0 Å². The number of amides is 1. The number of nitrogens with two attached hydrogens (primary N) is 1. The molecule has 0 aliphatic carbocycles. The molecule has 1 rings (SSSR count). The van der Waals surface area contributed by atoms with Gasteiger partial charge in [-0.15, -0.1) is 11.6 Å². The van der Waals surface area contributed by atoms with Crippen molar-refractivity contribution in [1.82, 2.24) is 5.32 Å². The molecular formula is C9H11ClN2O. The van der Waals surface area contributed by atoms with Crippen LogP contribution >= 0.6 is 11.6 Å². The Kier molecular flexibility index (Phi) is 3.58. The molecule has 0 unspecified atom stereocenters. The van der Waals surface area contributed by atoms with Crippen molar-refractivity contribution < 1.29 is 4.79 Å². The lowest BCUT2D eigenvalue weighted by atomic mass is 10.2. The van der Waals surface area contributed by atoms with E-state index >= 15 is 0 Å². The molecular weight excluding hydrogens is 188 g/mol. The van der Waals surface area contributed by atoms with Crippen molar-refractivity contribution in [3.8, 4) is 0 Å². The standard InChI is InChI=1S/C9H11ClN2O/c10-4-5-12-9(13)7-2-1-3-8(11)6-7/h1-3,6H,4-5,11H2,(H,12,13). The first-order valence-corrected chi connectivity index (χ1v) is 4.47. The number of rotatable bonds is 3. The first kappa shape index (κ1) is 9.86. The van der Waals surface area contributed by atoms with Crippen LogP contribution in [0.2, 0.25) is 0 Å². The lowest BCUT2D eigenvalue weighted by molar-refractivity contribution is 0.0956. The van der Waals surface area contributed by atoms with Crippen molar-refractivity contribution in [3.63, 3.8) is 0 Å². The first-order chi connectivity index (χ1) is 6.24. The quantitative estimate of drug-likeness (QED) is 0.567. The summed E-state index contributed by atoms with van der Waals surface area (Å²) in [6.07, 6.45) is 0. The Morgan fingerprint density at radius 1 is 1.54 bits per heavy atom. The number of nitrogen functional groups attached to an aromatic ring is 1. The zero-order valence-corrected chi connectivity index (χ0v) is 7.84. The second kappa shape index (κ2) is 4.72. The third kappa shape index (κ3) is 2.95. The fourth-order valence-electron chi connectivity index (χ4n) is 0.943. The highest BCUT2D eigenvalue weighted by molar-refractivity contribution is 6.18. The Morgan fingerprint density at radius 3 is 2.92 bits per heavy atom. The molecule has 0 heterocycles. The maximum atomic E-state index is 11.3. The molecule has 0 aliphatic rings. The monoisotopic (exact) mass is 198 g/mol. The fourth-order valence-corrected chi connectivity index (χ4v) is 1.04. The smallest absolute Gasteiger partial charge is 0.251 e. The van der Waals surface area contributed by atoms with E-state index in [1.807, 2.05) is 0 Å². The Bertz CT molecular complexity index is 301. The molecule has 0 atom stereocenters. The van der Waals surface area contributed by atoms with Crippen LogP contribution in [-0.2, 0) is 0 Å². The number of carbonyl (C=O) groups is 1. The van der Waals surface area contributed by atoms with Crippen LogP contribution in [0.25, 0.3) is 0 Å². The lowest BCUT2D eigenvalue weighted by Crippen LogP contribution is -2.25. The highest BCUT2D eigenvalue weighted by atomic mass is 35.5. The molecule has 0 saturated carbocycles. The summed E-state index contributed by atoms with van der Waals surface area (Å²) in [7, 11) is 0. The maximum absolute atomic E-state index is 11.3. The minimum absolute atomic E-state index is 0.145. The van der Waals surface area contributed by atoms with E-state index in [2.05, 4.69) is 5.32 Å². The Morgan fingerprint density at radius 2 is 2.31 bits per heavy atom. The summed E-state index contributed by atoms with van der Waals surface area (Å²) in [6.45, 7) is 0.467. The second-order valence-corrected chi connectivity index (χ2v) is 2.95. The van der Waals surface area contributed by atoms with Gasteiger partial charge in [-0.3, -0.25) is 4.79 Å². The van der Waals surface area contributed by atoms with E-state index in [4.69, 9.17) is 17.3 Å². The molecule has 3 nitrogen and oxygen atoms in total. The molecule has 0 radical (unpaired) electrons. The van der Waals surface area contributed by atoms with Crippen molar-refractivity contribution in [2.75, 3.05) is 18.2 Å². The van der Waals surface area contributed by atoms with Crippen LogP contribution in [-0.4, -0.2) is 18.3 Å². The van der Waals surface area contributed by atoms with E-state index in [1.165, 1.54) is 0 Å². The van der Waals surface area contributed by atoms with Gasteiger partial charge in [0.15, 0.2) is 0 Å². The van der Waals surface area contributed by atoms with Gasteiger partial charge in [0.05, 0.1) is 0 Å². The van der Waals surface area contributed by atoms with Gasteiger partial charge >= 0.3 is 0 Å². The van der Waals surface area contributed by atoms with Crippen LogP contribution in [0.5, 0.6) is 0 Å². The van der Waals surface area contributed by atoms with Gasteiger partial charge in [0.2, 0.25) is 0 Å². The van der Waals surface area contributed by atoms with Gasteiger partial charge in [-0.05, 0) is 18.2 Å². The van der Waals surface area contributed by atoms with E-state index in [0.29, 0.717) is 23.7 Å². The molecule has 0 aromatic heterocycles. The summed E-state index contributed by atoms with van der Waals surface area (Å²) >= 11 is 5.42. The van der Waals surface area contributed by atoms with Crippen LogP contribution in [0.3, 0.4) is 0 Å². The van der Waals surface area contributed by atoms with E-state index in [-0.39, 0.29) is 5.91 Å². The molecule has 1 aromatic carbocycles. The number of hydrogen-bond donors (Lipinski definition) is 2. The van der Waals surface area contributed by atoms with E-state index in [9.17, 15) is 4.79 Å². The van der Waals surface area contributed by atoms with Gasteiger partial charge in [0.1, 0.15) is 0 Å². The number of nitrogens with one attached hydrogen (secondary N) is 1. The molecule has 0 spiro atoms. The fraction of sp³-hybridized carbons (Fsp3) is 0.222. The van der Waals surface area contributed by atoms with Crippen LogP contribution < -0.4 is 11.1 Å². The molecule has 0 saturated heterocycles. The zero-order valence-electron chi connectivity index (χ0n) is 7.09. The SMILES string of the molecule is Nc1cccc(C(=O)NCCCl)c1. The molecule has 0 fully saturated rings. The van der Waals surface area contributed by atoms with Crippen LogP contribution in [0.15, 0.2) is 24.3 Å². The zero-order chi connectivity index (χ0) is 9.68. The minimum atomic E-state index is -0.145. The molecule has 3 N–H and O–H groups in total. The normalized spacial score (nSPS) is 9.62. The maximum Gasteiger partial charge on any atom is 0.251 e. The molecule has 1 aromatic rings. The molecule has 70 valence electrons. The number of anilines is 1. The van der Waals surface area contributed by atoms with Crippen molar-refractivity contribution >= 4 is 23.2 Å². The van der Waals surface area contributed by atoms with E-state index in [1.54, 1.807) is 24.3 Å². The van der Waals surface area contributed by atoms with Crippen molar-refractivity contribution in [3.05, 3.63) is 29.8 Å². The topological polar surface area (TPSA) is 55.1 Å². The van der Waals surface area contributed by atoms with Gasteiger partial charge in [0, 0.05) is 23.7 Å². The van der Waals surface area contributed by atoms with Crippen molar-refractivity contribution in [2.24, 2.45) is 0 Å². The van der Waals surface area contributed by atoms with E-state index in [0.717, 1.165) is 0 Å². The predicted octanol–water partition coefficient (Wildman–Crippen LogP) is 1.24. The highest BCUT2D eigenvalue weighted by Gasteiger charge is 2.03. The summed E-state index contributed by atoms with van der Waals surface area (Å²) in [5, 5.41) is 2.65. The summed E-state index contributed by atoms with van der Waals surface area (Å²) in [5.41, 5.74) is 6.66. The Labute approximate surface area is 81.9 Å². The Balaban J connectivity index is 2.66. The Hall–Kier alpha value is -1.22. The first-order valence-electron chi connectivity index (χ1n) is 3.93. The van der Waals surface area contributed by atoms with Crippen LogP contribution in [0.1, 0.15) is 10.4 Å². The number of hydrogen-bond acceptors (Lipinski definition) is 2. The van der Waals surface area contributed by atoms with Gasteiger partial charge in [-0.2, -0.15) is 0 Å². The largest absolute Gasteiger partial charge is 0.399 e. The number of benzene rings is 1. The van der Waals surface area contributed by atoms with E-state index < -0.39 is 0 Å². The average Bonchev–Trinajstić information content (AvgIpc) is 2.14. The number of alkyl halides is 1. The molecule has 1 amide bonds. The van der Waals surface area contributed by atoms with Crippen LogP contribution in [0.4, 0.5) is 5.69 Å². The highest BCUT2D eigenvalue weighted by Crippen LogP contribution is 2.05. The summed E-state index contributed by atoms with van der Waals surface area (Å²) in [6, 6.07) is 6.81. The van der Waals surface area contributed by atoms with Crippen molar-refractivity contribution in [2.45, 2.75) is 0 Å². The number of carbonyl (C=O) groups excluding carboxylic acids is 1. The molecule has 4 heteroatoms. The molecule has 13 heavy (non-hydrogen) atoms. The lowest BCUT2D eigenvalue weighted by Gasteiger charge is -2.02. The molecule has 0 bridgehead atoms. The summed E-state index contributed by atoms with van der Waals surface area (Å²) < 4.78 is 0. The molecule has 0 aliphatic heterocycles. The minimum Gasteiger partial charge on any atom is -0.399 e. The predicted molar refractivity (Wildman–Crippen MR) is 53.9 cm³/mol. The summed E-state index contributed by atoms with van der Waals surface area (Å²) in [5.74, 6) is 0.265. The third-order valence-electron chi connectivity index (χ3n) is 1.53. The number of halogens is 1.